The average Bonchev–Trinajstić information content (AvgIpc) is 2.76. The molecule has 0 saturated carbocycles. The molecule has 86 valence electrons. The third-order valence-corrected chi connectivity index (χ3v) is 5.42. The molecule has 0 amide bonds. The van der Waals surface area contributed by atoms with E-state index in [0.717, 1.165) is 11.8 Å². The molecule has 0 radical (unpaired) electrons. The standard InChI is InChI=1S/C11H20N2S2/c1-2-9-8-15-11(13-9)12-7-10-5-3-4-6-14-10/h9-10H,2-8H2,1H3,(H,12,13). The van der Waals surface area contributed by atoms with Crippen LogP contribution in [0.1, 0.15) is 32.6 Å². The second-order valence-corrected chi connectivity index (χ2v) is 6.61. The van der Waals surface area contributed by atoms with Crippen LogP contribution in [-0.2, 0) is 0 Å². The van der Waals surface area contributed by atoms with Gasteiger partial charge in [0.25, 0.3) is 0 Å². The first-order chi connectivity index (χ1) is 7.38. The minimum atomic E-state index is 0.660. The van der Waals surface area contributed by atoms with Crippen molar-refractivity contribution in [3.8, 4) is 0 Å². The van der Waals surface area contributed by atoms with Crippen LogP contribution < -0.4 is 5.32 Å². The maximum Gasteiger partial charge on any atom is 0.156 e. The minimum absolute atomic E-state index is 0.660. The van der Waals surface area contributed by atoms with E-state index < -0.39 is 0 Å². The second kappa shape index (κ2) is 6.04. The third kappa shape index (κ3) is 3.59. The highest BCUT2D eigenvalue weighted by atomic mass is 32.2. The number of aliphatic imine (C=N–C) groups is 1. The topological polar surface area (TPSA) is 24.4 Å². The van der Waals surface area contributed by atoms with Gasteiger partial charge in [0, 0.05) is 17.0 Å². The van der Waals surface area contributed by atoms with Gasteiger partial charge in [-0.1, -0.05) is 25.1 Å². The van der Waals surface area contributed by atoms with Crippen LogP contribution in [0, 0.1) is 0 Å². The van der Waals surface area contributed by atoms with Gasteiger partial charge in [-0.25, -0.2) is 0 Å². The van der Waals surface area contributed by atoms with Gasteiger partial charge in [0.2, 0.25) is 0 Å². The fourth-order valence-electron chi connectivity index (χ4n) is 1.88. The Bertz CT molecular complexity index is 225. The summed E-state index contributed by atoms with van der Waals surface area (Å²) in [5.74, 6) is 2.54. The molecule has 0 aromatic heterocycles. The van der Waals surface area contributed by atoms with Crippen LogP contribution in [-0.4, -0.2) is 34.5 Å². The van der Waals surface area contributed by atoms with Crippen LogP contribution in [0.15, 0.2) is 4.99 Å². The van der Waals surface area contributed by atoms with E-state index in [0.29, 0.717) is 6.04 Å². The van der Waals surface area contributed by atoms with Crippen LogP contribution in [0.2, 0.25) is 0 Å². The Labute approximate surface area is 101 Å². The average molecular weight is 244 g/mol. The maximum atomic E-state index is 4.69. The molecule has 2 saturated heterocycles. The fraction of sp³-hybridized carbons (Fsp3) is 0.909. The van der Waals surface area contributed by atoms with Crippen LogP contribution in [0.25, 0.3) is 0 Å². The lowest BCUT2D eigenvalue weighted by atomic mass is 10.2. The number of nitrogens with one attached hydrogen (secondary N) is 1. The van der Waals surface area contributed by atoms with Gasteiger partial charge >= 0.3 is 0 Å². The molecule has 0 spiro atoms. The number of rotatable bonds is 3. The van der Waals surface area contributed by atoms with Gasteiger partial charge in [-0.2, -0.15) is 11.8 Å². The van der Waals surface area contributed by atoms with Crippen molar-refractivity contribution in [3.05, 3.63) is 0 Å². The van der Waals surface area contributed by atoms with Crippen molar-refractivity contribution in [3.63, 3.8) is 0 Å². The Morgan fingerprint density at radius 3 is 3.07 bits per heavy atom. The molecule has 2 aliphatic heterocycles. The van der Waals surface area contributed by atoms with Gasteiger partial charge in [-0.15, -0.1) is 0 Å². The molecule has 0 aliphatic carbocycles. The van der Waals surface area contributed by atoms with Gasteiger partial charge in [0.1, 0.15) is 0 Å². The summed E-state index contributed by atoms with van der Waals surface area (Å²) in [6.07, 6.45) is 5.39. The normalized spacial score (nSPS) is 34.3. The predicted molar refractivity (Wildman–Crippen MR) is 72.1 cm³/mol. The summed E-state index contributed by atoms with van der Waals surface area (Å²) < 4.78 is 0. The van der Waals surface area contributed by atoms with Crippen molar-refractivity contribution < 1.29 is 0 Å². The van der Waals surface area contributed by atoms with Crippen molar-refractivity contribution >= 4 is 28.7 Å². The van der Waals surface area contributed by atoms with Crippen molar-refractivity contribution in [2.45, 2.75) is 43.9 Å². The van der Waals surface area contributed by atoms with Gasteiger partial charge < -0.3 is 5.32 Å². The van der Waals surface area contributed by atoms with E-state index in [2.05, 4.69) is 24.0 Å². The molecule has 2 aliphatic rings. The van der Waals surface area contributed by atoms with Gasteiger partial charge in [0.15, 0.2) is 5.17 Å². The second-order valence-electron chi connectivity index (χ2n) is 4.19. The SMILES string of the molecule is CCC1CSC(=NCC2CCCCS2)N1. The predicted octanol–water partition coefficient (Wildman–Crippen LogP) is 2.74. The molecule has 0 bridgehead atoms. The minimum Gasteiger partial charge on any atom is -0.361 e. The summed E-state index contributed by atoms with van der Waals surface area (Å²) in [6, 6.07) is 0.660. The maximum absolute atomic E-state index is 4.69. The summed E-state index contributed by atoms with van der Waals surface area (Å²) in [6.45, 7) is 3.26. The Balaban J connectivity index is 1.73. The summed E-state index contributed by atoms with van der Waals surface area (Å²) >= 11 is 4.00. The molecule has 0 aromatic carbocycles. The molecule has 2 unspecified atom stereocenters. The lowest BCUT2D eigenvalue weighted by Gasteiger charge is -2.19. The summed E-state index contributed by atoms with van der Waals surface area (Å²) in [7, 11) is 0. The number of amidine groups is 1. The molecule has 2 atom stereocenters. The van der Waals surface area contributed by atoms with Gasteiger partial charge in [-0.3, -0.25) is 4.99 Å². The van der Waals surface area contributed by atoms with E-state index >= 15 is 0 Å². The first-order valence-electron chi connectivity index (χ1n) is 5.94. The van der Waals surface area contributed by atoms with Crippen LogP contribution >= 0.6 is 23.5 Å². The van der Waals surface area contributed by atoms with E-state index in [1.807, 2.05) is 11.8 Å². The molecule has 2 fully saturated rings. The molecule has 2 rings (SSSR count). The van der Waals surface area contributed by atoms with Crippen LogP contribution in [0.4, 0.5) is 0 Å². The monoisotopic (exact) mass is 244 g/mol. The highest BCUT2D eigenvalue weighted by Crippen LogP contribution is 2.25. The summed E-state index contributed by atoms with van der Waals surface area (Å²) in [4.78, 5) is 4.69. The van der Waals surface area contributed by atoms with Crippen LogP contribution in [0.5, 0.6) is 0 Å². The molecular formula is C11H20N2S2. The van der Waals surface area contributed by atoms with E-state index in [1.54, 1.807) is 0 Å². The first kappa shape index (κ1) is 11.6. The fourth-order valence-corrected chi connectivity index (χ4v) is 4.20. The Morgan fingerprint density at radius 2 is 2.40 bits per heavy atom. The van der Waals surface area contributed by atoms with Crippen molar-refractivity contribution in [1.82, 2.24) is 5.32 Å². The van der Waals surface area contributed by atoms with E-state index in [9.17, 15) is 0 Å². The van der Waals surface area contributed by atoms with Gasteiger partial charge in [-0.05, 0) is 25.0 Å². The summed E-state index contributed by atoms with van der Waals surface area (Å²) in [5.41, 5.74) is 0. The third-order valence-electron chi connectivity index (χ3n) is 2.95. The Hall–Kier alpha value is 0.170. The molecule has 2 nitrogen and oxygen atoms in total. The van der Waals surface area contributed by atoms with Gasteiger partial charge in [0.05, 0.1) is 6.54 Å². The molecule has 4 heteroatoms. The van der Waals surface area contributed by atoms with E-state index in [4.69, 9.17) is 4.99 Å². The van der Waals surface area contributed by atoms with Crippen molar-refractivity contribution in [2.24, 2.45) is 4.99 Å². The number of nitrogens with zero attached hydrogens (tertiary/aromatic N) is 1. The Morgan fingerprint density at radius 1 is 1.47 bits per heavy atom. The number of hydrogen-bond donors (Lipinski definition) is 1. The molecular weight excluding hydrogens is 224 g/mol. The zero-order valence-electron chi connectivity index (χ0n) is 9.37. The zero-order valence-corrected chi connectivity index (χ0v) is 11.0. The molecule has 1 N–H and O–H groups in total. The molecule has 0 aromatic rings. The highest BCUT2D eigenvalue weighted by Gasteiger charge is 2.19. The quantitative estimate of drug-likeness (QED) is 0.826. The molecule has 2 heterocycles. The van der Waals surface area contributed by atoms with Crippen molar-refractivity contribution in [2.75, 3.05) is 18.1 Å². The van der Waals surface area contributed by atoms with E-state index in [1.165, 1.54) is 42.4 Å². The highest BCUT2D eigenvalue weighted by molar-refractivity contribution is 8.14. The smallest absolute Gasteiger partial charge is 0.156 e. The zero-order chi connectivity index (χ0) is 10.5. The summed E-state index contributed by atoms with van der Waals surface area (Å²) in [5, 5.41) is 5.46. The Kier molecular flexibility index (Phi) is 4.69. The molecule has 15 heavy (non-hydrogen) atoms. The lowest BCUT2D eigenvalue weighted by molar-refractivity contribution is 0.655. The largest absolute Gasteiger partial charge is 0.361 e. The van der Waals surface area contributed by atoms with Crippen molar-refractivity contribution in [1.29, 1.82) is 0 Å². The van der Waals surface area contributed by atoms with Crippen LogP contribution in [0.3, 0.4) is 0 Å². The first-order valence-corrected chi connectivity index (χ1v) is 7.97. The lowest BCUT2D eigenvalue weighted by Crippen LogP contribution is -2.26. The number of hydrogen-bond acceptors (Lipinski definition) is 3. The number of thioether (sulfide) groups is 2. The van der Waals surface area contributed by atoms with E-state index in [-0.39, 0.29) is 0 Å².